The monoisotopic (exact) mass is 361 g/mol. The molecule has 0 radical (unpaired) electrons. The van der Waals surface area contributed by atoms with Gasteiger partial charge in [-0.15, -0.1) is 10.2 Å². The summed E-state index contributed by atoms with van der Waals surface area (Å²) in [4.78, 5) is 26.0. The van der Waals surface area contributed by atoms with Crippen LogP contribution in [0.1, 0.15) is 30.0 Å². The van der Waals surface area contributed by atoms with Gasteiger partial charge in [-0.05, 0) is 31.0 Å². The van der Waals surface area contributed by atoms with Crippen LogP contribution in [0.15, 0.2) is 18.2 Å². The molecule has 8 nitrogen and oxygen atoms in total. The fraction of sp³-hybridized carbons (Fsp3) is 0.375. The summed E-state index contributed by atoms with van der Waals surface area (Å²) in [6.07, 6.45) is 0.768. The van der Waals surface area contributed by atoms with Gasteiger partial charge in [-0.25, -0.2) is 0 Å². The normalized spacial score (nSPS) is 14.7. The standard InChI is InChI=1S/C16H19N5O3S/c1-3-11(17)10-4-5-13-12(6-10)21(15(23)8-24-13)7-14(22)18-16-20-19-9(2)25-16/h4-6,11H,3,7-8,17H2,1-2H3,(H,18,20,22). The molecule has 2 amide bonds. The van der Waals surface area contributed by atoms with E-state index in [1.807, 2.05) is 19.1 Å². The molecule has 0 saturated carbocycles. The highest BCUT2D eigenvalue weighted by Crippen LogP contribution is 2.34. The number of carbonyl (C=O) groups excluding carboxylic acids is 2. The van der Waals surface area contributed by atoms with Crippen molar-refractivity contribution < 1.29 is 14.3 Å². The summed E-state index contributed by atoms with van der Waals surface area (Å²) in [7, 11) is 0. The van der Waals surface area contributed by atoms with Crippen molar-refractivity contribution in [2.24, 2.45) is 5.73 Å². The lowest BCUT2D eigenvalue weighted by Gasteiger charge is -2.29. The Morgan fingerprint density at radius 1 is 1.48 bits per heavy atom. The first-order valence-corrected chi connectivity index (χ1v) is 8.72. The predicted octanol–water partition coefficient (Wildman–Crippen LogP) is 1.62. The van der Waals surface area contributed by atoms with E-state index >= 15 is 0 Å². The van der Waals surface area contributed by atoms with E-state index in [4.69, 9.17) is 10.5 Å². The molecule has 0 bridgehead atoms. The number of nitrogens with two attached hydrogens (primary N) is 1. The Kier molecular flexibility index (Phi) is 4.95. The minimum Gasteiger partial charge on any atom is -0.482 e. The number of amides is 2. The van der Waals surface area contributed by atoms with Crippen molar-refractivity contribution in [1.82, 2.24) is 10.2 Å². The number of hydrogen-bond acceptors (Lipinski definition) is 7. The summed E-state index contributed by atoms with van der Waals surface area (Å²) < 4.78 is 5.45. The average molecular weight is 361 g/mol. The SMILES string of the molecule is CCC(N)c1ccc2c(c1)N(CC(=O)Nc1nnc(C)s1)C(=O)CO2. The topological polar surface area (TPSA) is 110 Å². The van der Waals surface area contributed by atoms with E-state index in [0.717, 1.165) is 17.0 Å². The highest BCUT2D eigenvalue weighted by atomic mass is 32.1. The molecule has 25 heavy (non-hydrogen) atoms. The van der Waals surface area contributed by atoms with Gasteiger partial charge < -0.3 is 10.5 Å². The van der Waals surface area contributed by atoms with Gasteiger partial charge in [0.2, 0.25) is 11.0 Å². The largest absolute Gasteiger partial charge is 0.482 e. The summed E-state index contributed by atoms with van der Waals surface area (Å²) in [6, 6.07) is 5.34. The van der Waals surface area contributed by atoms with Crippen molar-refractivity contribution in [1.29, 1.82) is 0 Å². The Morgan fingerprint density at radius 2 is 2.28 bits per heavy atom. The van der Waals surface area contributed by atoms with Crippen molar-refractivity contribution in [2.75, 3.05) is 23.4 Å². The van der Waals surface area contributed by atoms with Crippen LogP contribution >= 0.6 is 11.3 Å². The molecule has 1 atom stereocenters. The first-order valence-electron chi connectivity index (χ1n) is 7.90. The summed E-state index contributed by atoms with van der Waals surface area (Å²) in [5, 5.41) is 11.5. The van der Waals surface area contributed by atoms with E-state index < -0.39 is 0 Å². The molecule has 3 rings (SSSR count). The maximum atomic E-state index is 12.3. The number of carbonyl (C=O) groups is 2. The van der Waals surface area contributed by atoms with Gasteiger partial charge in [0.15, 0.2) is 6.61 Å². The molecule has 132 valence electrons. The van der Waals surface area contributed by atoms with Crippen LogP contribution in [0.2, 0.25) is 0 Å². The zero-order valence-electron chi connectivity index (χ0n) is 14.0. The molecule has 2 aromatic rings. The summed E-state index contributed by atoms with van der Waals surface area (Å²) >= 11 is 1.27. The molecule has 1 unspecified atom stereocenters. The lowest BCUT2D eigenvalue weighted by molar-refractivity contribution is -0.123. The molecule has 2 heterocycles. The van der Waals surface area contributed by atoms with Gasteiger partial charge in [0.1, 0.15) is 17.3 Å². The first-order chi connectivity index (χ1) is 12.0. The third kappa shape index (κ3) is 3.77. The number of benzene rings is 1. The smallest absolute Gasteiger partial charge is 0.265 e. The van der Waals surface area contributed by atoms with Crippen LogP contribution < -0.4 is 20.7 Å². The highest BCUT2D eigenvalue weighted by Gasteiger charge is 2.28. The molecule has 0 saturated heterocycles. The molecule has 0 spiro atoms. The molecule has 0 fully saturated rings. The highest BCUT2D eigenvalue weighted by molar-refractivity contribution is 7.15. The van der Waals surface area contributed by atoms with Crippen LogP contribution in [0.3, 0.4) is 0 Å². The first kappa shape index (κ1) is 17.3. The molecular formula is C16H19N5O3S. The zero-order chi connectivity index (χ0) is 18.0. The summed E-state index contributed by atoms with van der Waals surface area (Å²) in [6.45, 7) is 3.56. The van der Waals surface area contributed by atoms with Gasteiger partial charge in [-0.3, -0.25) is 19.8 Å². The van der Waals surface area contributed by atoms with E-state index in [1.54, 1.807) is 13.0 Å². The summed E-state index contributed by atoms with van der Waals surface area (Å²) in [5.41, 5.74) is 7.53. The van der Waals surface area contributed by atoms with Gasteiger partial charge >= 0.3 is 0 Å². The average Bonchev–Trinajstić information content (AvgIpc) is 3.01. The van der Waals surface area contributed by atoms with Crippen LogP contribution in [0.25, 0.3) is 0 Å². The molecule has 1 aliphatic heterocycles. The number of aromatic nitrogens is 2. The molecule has 1 aromatic heterocycles. The van der Waals surface area contributed by atoms with E-state index in [1.165, 1.54) is 16.2 Å². The van der Waals surface area contributed by atoms with Crippen molar-refractivity contribution >= 4 is 34.0 Å². The molecular weight excluding hydrogens is 342 g/mol. The van der Waals surface area contributed by atoms with E-state index in [0.29, 0.717) is 16.6 Å². The quantitative estimate of drug-likeness (QED) is 0.837. The Morgan fingerprint density at radius 3 is 2.96 bits per heavy atom. The second-order valence-corrected chi connectivity index (χ2v) is 6.87. The zero-order valence-corrected chi connectivity index (χ0v) is 14.8. The van der Waals surface area contributed by atoms with Crippen molar-refractivity contribution in [3.63, 3.8) is 0 Å². The van der Waals surface area contributed by atoms with Crippen LogP contribution in [-0.2, 0) is 9.59 Å². The minimum absolute atomic E-state index is 0.0998. The number of fused-ring (bicyclic) bond motifs is 1. The predicted molar refractivity (Wildman–Crippen MR) is 94.8 cm³/mol. The molecule has 3 N–H and O–H groups in total. The number of nitrogens with one attached hydrogen (secondary N) is 1. The van der Waals surface area contributed by atoms with E-state index in [9.17, 15) is 9.59 Å². The Balaban J connectivity index is 1.81. The van der Waals surface area contributed by atoms with Gasteiger partial charge in [0.05, 0.1) is 5.69 Å². The van der Waals surface area contributed by atoms with Crippen LogP contribution in [0.5, 0.6) is 5.75 Å². The second kappa shape index (κ2) is 7.16. The molecule has 0 aliphatic carbocycles. The third-order valence-corrected chi connectivity index (χ3v) is 4.62. The maximum absolute atomic E-state index is 12.3. The van der Waals surface area contributed by atoms with Crippen molar-refractivity contribution in [3.8, 4) is 5.75 Å². The lowest BCUT2D eigenvalue weighted by Crippen LogP contribution is -2.43. The summed E-state index contributed by atoms with van der Waals surface area (Å²) in [5.74, 6) is -0.0629. The fourth-order valence-corrected chi connectivity index (χ4v) is 3.12. The number of hydrogen-bond donors (Lipinski definition) is 2. The third-order valence-electron chi connectivity index (χ3n) is 3.87. The van der Waals surface area contributed by atoms with E-state index in [-0.39, 0.29) is 31.0 Å². The Bertz CT molecular complexity index is 807. The van der Waals surface area contributed by atoms with Crippen LogP contribution in [0, 0.1) is 6.92 Å². The van der Waals surface area contributed by atoms with E-state index in [2.05, 4.69) is 15.5 Å². The van der Waals surface area contributed by atoms with Crippen molar-refractivity contribution in [3.05, 3.63) is 28.8 Å². The second-order valence-electron chi connectivity index (χ2n) is 5.68. The van der Waals surface area contributed by atoms with Crippen molar-refractivity contribution in [2.45, 2.75) is 26.3 Å². The lowest BCUT2D eigenvalue weighted by atomic mass is 10.0. The fourth-order valence-electron chi connectivity index (χ4n) is 2.51. The number of nitrogens with zero attached hydrogens (tertiary/aromatic N) is 3. The molecule has 1 aliphatic rings. The van der Waals surface area contributed by atoms with Gasteiger partial charge in [0.25, 0.3) is 5.91 Å². The Labute approximate surface area is 149 Å². The minimum atomic E-state index is -0.345. The van der Waals surface area contributed by atoms with Crippen LogP contribution in [0.4, 0.5) is 10.8 Å². The number of anilines is 2. The van der Waals surface area contributed by atoms with Gasteiger partial charge in [-0.1, -0.05) is 24.3 Å². The number of rotatable bonds is 5. The number of ether oxygens (including phenoxy) is 1. The maximum Gasteiger partial charge on any atom is 0.265 e. The molecule has 1 aromatic carbocycles. The van der Waals surface area contributed by atoms with Gasteiger partial charge in [-0.2, -0.15) is 0 Å². The molecule has 9 heteroatoms. The Hall–Kier alpha value is -2.52. The number of aryl methyl sites for hydroxylation is 1. The van der Waals surface area contributed by atoms with Crippen LogP contribution in [-0.4, -0.2) is 35.2 Å². The van der Waals surface area contributed by atoms with Gasteiger partial charge in [0, 0.05) is 6.04 Å².